The molecule has 0 aliphatic rings. The van der Waals surface area contributed by atoms with Gasteiger partial charge in [-0.25, -0.2) is 4.79 Å². The highest BCUT2D eigenvalue weighted by Crippen LogP contribution is 2.24. The Kier molecular flexibility index (Phi) is 5.86. The topological polar surface area (TPSA) is 73.6 Å². The zero-order valence-electron chi connectivity index (χ0n) is 13.4. The maximum absolute atomic E-state index is 11.7. The zero-order valence-corrected chi connectivity index (χ0v) is 13.4. The van der Waals surface area contributed by atoms with E-state index in [1.165, 1.54) is 7.11 Å². The minimum atomic E-state index is -0.626. The molecule has 0 spiro atoms. The number of para-hydroxylation sites is 1. The van der Waals surface area contributed by atoms with Crippen LogP contribution in [-0.4, -0.2) is 19.2 Å². The number of esters is 1. The van der Waals surface area contributed by atoms with Gasteiger partial charge in [-0.05, 0) is 36.8 Å². The number of nitrogens with two attached hydrogens (primary N) is 1. The van der Waals surface area contributed by atoms with Crippen LogP contribution in [-0.2, 0) is 16.1 Å². The van der Waals surface area contributed by atoms with E-state index in [1.54, 1.807) is 12.1 Å². The fraction of sp³-hybridized carbons (Fsp3) is 0.278. The zero-order chi connectivity index (χ0) is 16.7. The lowest BCUT2D eigenvalue weighted by Gasteiger charge is -2.18. The molecule has 0 bridgehead atoms. The summed E-state index contributed by atoms with van der Waals surface area (Å²) in [4.78, 5) is 11.7. The number of carbonyl (C=O) groups excluding carboxylic acids is 1. The molecule has 2 aromatic rings. The van der Waals surface area contributed by atoms with E-state index in [0.29, 0.717) is 24.4 Å². The lowest BCUT2D eigenvalue weighted by Crippen LogP contribution is -2.28. The summed E-state index contributed by atoms with van der Waals surface area (Å²) in [6.07, 6.45) is -0.0955. The van der Waals surface area contributed by atoms with Crippen molar-refractivity contribution in [2.45, 2.75) is 26.0 Å². The average Bonchev–Trinajstić information content (AvgIpc) is 2.59. The molecule has 2 rings (SSSR count). The van der Waals surface area contributed by atoms with E-state index in [9.17, 15) is 4.79 Å². The largest absolute Gasteiger partial charge is 0.478 e. The summed E-state index contributed by atoms with van der Waals surface area (Å²) in [6.45, 7) is 2.42. The molecule has 0 saturated heterocycles. The first kappa shape index (κ1) is 16.7. The van der Waals surface area contributed by atoms with Crippen LogP contribution < -0.4 is 15.8 Å². The second kappa shape index (κ2) is 8.08. The molecule has 0 amide bonds. The van der Waals surface area contributed by atoms with Gasteiger partial charge >= 0.3 is 5.97 Å². The Morgan fingerprint density at radius 3 is 2.61 bits per heavy atom. The van der Waals surface area contributed by atoms with Crippen LogP contribution in [0.5, 0.6) is 5.75 Å². The van der Waals surface area contributed by atoms with Gasteiger partial charge in [-0.1, -0.05) is 25.1 Å². The molecule has 0 aliphatic heterocycles. The summed E-state index contributed by atoms with van der Waals surface area (Å²) in [5, 5.41) is 3.31. The van der Waals surface area contributed by atoms with E-state index in [-0.39, 0.29) is 5.97 Å². The highest BCUT2D eigenvalue weighted by Gasteiger charge is 2.20. The van der Waals surface area contributed by atoms with Gasteiger partial charge < -0.3 is 20.5 Å². The molecule has 3 N–H and O–H groups in total. The lowest BCUT2D eigenvalue weighted by atomic mass is 10.1. The van der Waals surface area contributed by atoms with Gasteiger partial charge in [0.05, 0.1) is 7.11 Å². The first-order valence-corrected chi connectivity index (χ1v) is 7.55. The number of hydrogen-bond donors (Lipinski definition) is 2. The van der Waals surface area contributed by atoms with Crippen LogP contribution in [0.15, 0.2) is 48.5 Å². The van der Waals surface area contributed by atoms with Crippen LogP contribution in [0.3, 0.4) is 0 Å². The van der Waals surface area contributed by atoms with Crippen LogP contribution in [0.25, 0.3) is 0 Å². The van der Waals surface area contributed by atoms with Crippen LogP contribution in [0.4, 0.5) is 11.4 Å². The van der Waals surface area contributed by atoms with Crippen LogP contribution >= 0.6 is 0 Å². The molecule has 0 aromatic heterocycles. The molecule has 0 heterocycles. The van der Waals surface area contributed by atoms with E-state index in [4.69, 9.17) is 15.2 Å². The number of anilines is 2. The van der Waals surface area contributed by atoms with Crippen molar-refractivity contribution in [1.82, 2.24) is 0 Å². The van der Waals surface area contributed by atoms with Gasteiger partial charge in [-0.3, -0.25) is 0 Å². The molecule has 0 aliphatic carbocycles. The highest BCUT2D eigenvalue weighted by molar-refractivity contribution is 5.75. The number of hydrogen-bond acceptors (Lipinski definition) is 5. The van der Waals surface area contributed by atoms with Gasteiger partial charge in [0.1, 0.15) is 5.75 Å². The maximum atomic E-state index is 11.7. The van der Waals surface area contributed by atoms with Crippen molar-refractivity contribution in [3.05, 3.63) is 54.1 Å². The van der Waals surface area contributed by atoms with E-state index in [0.717, 1.165) is 11.3 Å². The molecule has 1 unspecified atom stereocenters. The fourth-order valence-electron chi connectivity index (χ4n) is 2.19. The molecule has 122 valence electrons. The van der Waals surface area contributed by atoms with Gasteiger partial charge in [0.2, 0.25) is 0 Å². The van der Waals surface area contributed by atoms with Crippen molar-refractivity contribution >= 4 is 17.3 Å². The molecule has 2 aromatic carbocycles. The SMILES string of the molecule is CCC(Oc1ccc(N)cc1CNc1ccccc1)C(=O)OC. The van der Waals surface area contributed by atoms with Crippen molar-refractivity contribution in [1.29, 1.82) is 0 Å². The first-order chi connectivity index (χ1) is 11.1. The molecule has 1 atom stereocenters. The Labute approximate surface area is 136 Å². The van der Waals surface area contributed by atoms with Crippen molar-refractivity contribution in [3.63, 3.8) is 0 Å². The molecular weight excluding hydrogens is 292 g/mol. The van der Waals surface area contributed by atoms with Crippen LogP contribution in [0.1, 0.15) is 18.9 Å². The van der Waals surface area contributed by atoms with Crippen LogP contribution in [0, 0.1) is 0 Å². The van der Waals surface area contributed by atoms with E-state index < -0.39 is 6.10 Å². The Bertz CT molecular complexity index is 644. The standard InChI is InChI=1S/C18H22N2O3/c1-3-16(18(21)22-2)23-17-10-9-14(19)11-13(17)12-20-15-7-5-4-6-8-15/h4-11,16,20H,3,12,19H2,1-2H3. The predicted octanol–water partition coefficient (Wildman–Crippen LogP) is 3.21. The summed E-state index contributed by atoms with van der Waals surface area (Å²) in [6, 6.07) is 15.2. The monoisotopic (exact) mass is 314 g/mol. The second-order valence-corrected chi connectivity index (χ2v) is 5.12. The summed E-state index contributed by atoms with van der Waals surface area (Å²) in [7, 11) is 1.36. The van der Waals surface area contributed by atoms with Crippen LogP contribution in [0.2, 0.25) is 0 Å². The first-order valence-electron chi connectivity index (χ1n) is 7.55. The van der Waals surface area contributed by atoms with Crippen molar-refractivity contribution in [3.8, 4) is 5.75 Å². The minimum absolute atomic E-state index is 0.383. The van der Waals surface area contributed by atoms with E-state index >= 15 is 0 Å². The summed E-state index contributed by atoms with van der Waals surface area (Å²) in [5.74, 6) is 0.242. The highest BCUT2D eigenvalue weighted by atomic mass is 16.6. The maximum Gasteiger partial charge on any atom is 0.347 e. The Morgan fingerprint density at radius 1 is 1.22 bits per heavy atom. The molecular formula is C18H22N2O3. The third kappa shape index (κ3) is 4.64. The minimum Gasteiger partial charge on any atom is -0.478 e. The number of rotatable bonds is 7. The molecule has 5 heteroatoms. The van der Waals surface area contributed by atoms with Gasteiger partial charge in [0, 0.05) is 23.5 Å². The Morgan fingerprint density at radius 2 is 1.96 bits per heavy atom. The molecule has 0 saturated carbocycles. The number of ether oxygens (including phenoxy) is 2. The number of nitrogens with one attached hydrogen (secondary N) is 1. The normalized spacial score (nSPS) is 11.6. The summed E-state index contributed by atoms with van der Waals surface area (Å²) >= 11 is 0. The fourth-order valence-corrected chi connectivity index (χ4v) is 2.19. The smallest absolute Gasteiger partial charge is 0.347 e. The lowest BCUT2D eigenvalue weighted by molar-refractivity contribution is -0.148. The molecule has 23 heavy (non-hydrogen) atoms. The van der Waals surface area contributed by atoms with Crippen molar-refractivity contribution < 1.29 is 14.3 Å². The molecule has 0 fully saturated rings. The number of methoxy groups -OCH3 is 1. The van der Waals surface area contributed by atoms with Gasteiger partial charge in [0.15, 0.2) is 6.10 Å². The molecule has 5 nitrogen and oxygen atoms in total. The van der Waals surface area contributed by atoms with Crippen molar-refractivity contribution in [2.24, 2.45) is 0 Å². The summed E-state index contributed by atoms with van der Waals surface area (Å²) < 4.78 is 10.6. The van der Waals surface area contributed by atoms with Gasteiger partial charge in [-0.2, -0.15) is 0 Å². The number of benzene rings is 2. The third-order valence-electron chi connectivity index (χ3n) is 3.45. The number of carbonyl (C=O) groups is 1. The summed E-state index contributed by atoms with van der Waals surface area (Å²) in [5.41, 5.74) is 8.40. The molecule has 0 radical (unpaired) electrons. The number of nitrogen functional groups attached to an aromatic ring is 1. The average molecular weight is 314 g/mol. The van der Waals surface area contributed by atoms with E-state index in [2.05, 4.69) is 5.32 Å². The van der Waals surface area contributed by atoms with Gasteiger partial charge in [0.25, 0.3) is 0 Å². The second-order valence-electron chi connectivity index (χ2n) is 5.12. The Hall–Kier alpha value is -2.69. The van der Waals surface area contributed by atoms with E-state index in [1.807, 2.05) is 43.3 Å². The third-order valence-corrected chi connectivity index (χ3v) is 3.45. The predicted molar refractivity (Wildman–Crippen MR) is 91.3 cm³/mol. The quantitative estimate of drug-likeness (QED) is 0.606. The Balaban J connectivity index is 2.15. The van der Waals surface area contributed by atoms with Gasteiger partial charge in [-0.15, -0.1) is 0 Å². The van der Waals surface area contributed by atoms with Crippen molar-refractivity contribution in [2.75, 3.05) is 18.2 Å².